The Kier molecular flexibility index (Phi) is 6.68. The van der Waals surface area contributed by atoms with Crippen LogP contribution in [0.5, 0.6) is 0 Å². The van der Waals surface area contributed by atoms with Crippen LogP contribution in [0.3, 0.4) is 0 Å². The fraction of sp³-hybridized carbons (Fsp3) is 0.480. The van der Waals surface area contributed by atoms with Crippen LogP contribution >= 0.6 is 0 Å². The van der Waals surface area contributed by atoms with Gasteiger partial charge in [-0.25, -0.2) is 13.2 Å². The van der Waals surface area contributed by atoms with Gasteiger partial charge >= 0.3 is 0 Å². The summed E-state index contributed by atoms with van der Waals surface area (Å²) in [6.45, 7) is 1.68. The number of hydrogen-bond acceptors (Lipinski definition) is 4. The predicted octanol–water partition coefficient (Wildman–Crippen LogP) is 3.81. The highest BCUT2D eigenvalue weighted by molar-refractivity contribution is 5.87. The number of likely N-dealkylation sites (tertiary alicyclic amines) is 1. The topological polar surface area (TPSA) is 78.6 Å². The van der Waals surface area contributed by atoms with Crippen LogP contribution in [0, 0.1) is 11.7 Å². The molecule has 33 heavy (non-hydrogen) atoms. The molecule has 4 N–H and O–H groups in total. The average Bonchev–Trinajstić information content (AvgIpc) is 3.17. The van der Waals surface area contributed by atoms with Crippen molar-refractivity contribution in [2.75, 3.05) is 18.8 Å². The lowest BCUT2D eigenvalue weighted by atomic mass is 9.79. The van der Waals surface area contributed by atoms with Crippen molar-refractivity contribution in [3.8, 4) is 0 Å². The molecule has 8 heteroatoms. The van der Waals surface area contributed by atoms with E-state index in [1.54, 1.807) is 36.4 Å². The molecule has 0 bridgehead atoms. The van der Waals surface area contributed by atoms with Crippen molar-refractivity contribution in [1.82, 2.24) is 10.2 Å². The first-order valence-corrected chi connectivity index (χ1v) is 11.4. The predicted molar refractivity (Wildman–Crippen MR) is 120 cm³/mol. The molecular formula is C25H30F3N3O2. The molecule has 1 aliphatic heterocycles. The van der Waals surface area contributed by atoms with Crippen LogP contribution in [-0.4, -0.2) is 41.0 Å². The Hall–Kier alpha value is -2.58. The molecule has 1 heterocycles. The lowest BCUT2D eigenvalue weighted by Crippen LogP contribution is -2.54. The van der Waals surface area contributed by atoms with Gasteiger partial charge in [-0.3, -0.25) is 9.69 Å². The van der Waals surface area contributed by atoms with Gasteiger partial charge < -0.3 is 16.2 Å². The van der Waals surface area contributed by atoms with Crippen molar-refractivity contribution >= 4 is 11.6 Å². The van der Waals surface area contributed by atoms with Crippen molar-refractivity contribution in [2.24, 2.45) is 5.92 Å². The number of piperidine rings is 1. The summed E-state index contributed by atoms with van der Waals surface area (Å²) in [5, 5.41) is 14.4. The summed E-state index contributed by atoms with van der Waals surface area (Å²) in [5.41, 5.74) is 5.12. The van der Waals surface area contributed by atoms with E-state index in [0.29, 0.717) is 49.3 Å². The SMILES string of the molecule is Nc1ccc(F)c(CN2CCC(NC(=O)C(O)(c3ccccc3)[C@@H]3CCC(F)(F)C3)CC2)c1. The molecule has 178 valence electrons. The van der Waals surface area contributed by atoms with Crippen LogP contribution in [-0.2, 0) is 16.9 Å². The number of hydrogen-bond donors (Lipinski definition) is 3. The second-order valence-corrected chi connectivity index (χ2v) is 9.30. The summed E-state index contributed by atoms with van der Waals surface area (Å²) in [6.07, 6.45) is 0.452. The minimum absolute atomic E-state index is 0.0794. The van der Waals surface area contributed by atoms with Gasteiger partial charge in [0.2, 0.25) is 5.92 Å². The largest absolute Gasteiger partial charge is 0.399 e. The van der Waals surface area contributed by atoms with Gasteiger partial charge in [0.15, 0.2) is 5.60 Å². The minimum atomic E-state index is -2.88. The maximum atomic E-state index is 14.0. The highest BCUT2D eigenvalue weighted by atomic mass is 19.3. The summed E-state index contributed by atoms with van der Waals surface area (Å²) in [5.74, 6) is -4.67. The minimum Gasteiger partial charge on any atom is -0.399 e. The van der Waals surface area contributed by atoms with E-state index in [-0.39, 0.29) is 24.7 Å². The van der Waals surface area contributed by atoms with Crippen LogP contribution in [0.1, 0.15) is 43.2 Å². The fourth-order valence-corrected chi connectivity index (χ4v) is 5.04. The van der Waals surface area contributed by atoms with Crippen LogP contribution in [0.4, 0.5) is 18.9 Å². The number of nitrogens with two attached hydrogens (primary N) is 1. The van der Waals surface area contributed by atoms with Crippen LogP contribution in [0.2, 0.25) is 0 Å². The van der Waals surface area contributed by atoms with Gasteiger partial charge in [0.1, 0.15) is 5.82 Å². The average molecular weight is 462 g/mol. The van der Waals surface area contributed by atoms with E-state index >= 15 is 0 Å². The second-order valence-electron chi connectivity index (χ2n) is 9.30. The first kappa shape index (κ1) is 23.6. The Morgan fingerprint density at radius 2 is 1.85 bits per heavy atom. The van der Waals surface area contributed by atoms with Gasteiger partial charge in [-0.05, 0) is 43.0 Å². The molecule has 5 nitrogen and oxygen atoms in total. The Balaban J connectivity index is 1.41. The van der Waals surface area contributed by atoms with E-state index < -0.39 is 29.8 Å². The number of nitrogen functional groups attached to an aromatic ring is 1. The number of aliphatic hydroxyl groups is 1. The molecule has 0 radical (unpaired) electrons. The molecule has 1 saturated carbocycles. The van der Waals surface area contributed by atoms with Gasteiger partial charge in [0.25, 0.3) is 5.91 Å². The molecule has 2 aliphatic rings. The van der Waals surface area contributed by atoms with Gasteiger partial charge in [0, 0.05) is 55.7 Å². The molecule has 1 unspecified atom stereocenters. The summed E-state index contributed by atoms with van der Waals surface area (Å²) in [7, 11) is 0. The lowest BCUT2D eigenvalue weighted by molar-refractivity contribution is -0.149. The third kappa shape index (κ3) is 5.17. The number of rotatable bonds is 6. The van der Waals surface area contributed by atoms with Crippen molar-refractivity contribution in [3.05, 3.63) is 65.5 Å². The maximum Gasteiger partial charge on any atom is 0.257 e. The Labute approximate surface area is 191 Å². The number of nitrogens with one attached hydrogen (secondary N) is 1. The molecule has 4 rings (SSSR count). The van der Waals surface area contributed by atoms with Crippen molar-refractivity contribution in [2.45, 2.75) is 56.2 Å². The number of carbonyl (C=O) groups excluding carboxylic acids is 1. The Morgan fingerprint density at radius 3 is 2.48 bits per heavy atom. The molecule has 0 spiro atoms. The number of halogens is 3. The highest BCUT2D eigenvalue weighted by Gasteiger charge is 2.53. The molecular weight excluding hydrogens is 431 g/mol. The van der Waals surface area contributed by atoms with Crippen LogP contribution in [0.15, 0.2) is 48.5 Å². The quantitative estimate of drug-likeness (QED) is 0.572. The molecule has 1 saturated heterocycles. The van der Waals surface area contributed by atoms with E-state index in [1.165, 1.54) is 12.1 Å². The lowest BCUT2D eigenvalue weighted by Gasteiger charge is -2.37. The van der Waals surface area contributed by atoms with Crippen LogP contribution in [0.25, 0.3) is 0 Å². The van der Waals surface area contributed by atoms with Crippen molar-refractivity contribution in [3.63, 3.8) is 0 Å². The molecule has 0 aromatic heterocycles. The van der Waals surface area contributed by atoms with Crippen LogP contribution < -0.4 is 11.1 Å². The smallest absolute Gasteiger partial charge is 0.257 e. The van der Waals surface area contributed by atoms with Crippen molar-refractivity contribution in [1.29, 1.82) is 0 Å². The van der Waals surface area contributed by atoms with E-state index in [4.69, 9.17) is 5.73 Å². The summed E-state index contributed by atoms with van der Waals surface area (Å²) >= 11 is 0. The number of benzene rings is 2. The highest BCUT2D eigenvalue weighted by Crippen LogP contribution is 2.47. The molecule has 2 atom stereocenters. The Morgan fingerprint density at radius 1 is 1.15 bits per heavy atom. The van der Waals surface area contributed by atoms with E-state index in [9.17, 15) is 23.1 Å². The number of anilines is 1. The summed E-state index contributed by atoms with van der Waals surface area (Å²) < 4.78 is 42.0. The Bertz CT molecular complexity index is 980. The summed E-state index contributed by atoms with van der Waals surface area (Å²) in [6, 6.07) is 12.7. The molecule has 2 aromatic carbocycles. The number of carbonyl (C=O) groups is 1. The normalized spacial score (nSPS) is 23.2. The summed E-state index contributed by atoms with van der Waals surface area (Å²) in [4.78, 5) is 15.4. The first-order valence-electron chi connectivity index (χ1n) is 11.4. The molecule has 2 aromatic rings. The first-order chi connectivity index (χ1) is 15.7. The van der Waals surface area contributed by atoms with E-state index in [0.717, 1.165) is 0 Å². The zero-order valence-corrected chi connectivity index (χ0v) is 18.4. The van der Waals surface area contributed by atoms with Gasteiger partial charge in [0.05, 0.1) is 0 Å². The van der Waals surface area contributed by atoms with Gasteiger partial charge in [-0.1, -0.05) is 30.3 Å². The van der Waals surface area contributed by atoms with Crippen molar-refractivity contribution < 1.29 is 23.1 Å². The number of alkyl halides is 2. The van der Waals surface area contributed by atoms with Gasteiger partial charge in [-0.15, -0.1) is 0 Å². The monoisotopic (exact) mass is 461 g/mol. The van der Waals surface area contributed by atoms with E-state index in [1.807, 2.05) is 0 Å². The third-order valence-electron chi connectivity index (χ3n) is 6.94. The fourth-order valence-electron chi connectivity index (χ4n) is 5.04. The molecule has 1 amide bonds. The number of nitrogens with zero attached hydrogens (tertiary/aromatic N) is 1. The number of amides is 1. The van der Waals surface area contributed by atoms with Gasteiger partial charge in [-0.2, -0.15) is 0 Å². The third-order valence-corrected chi connectivity index (χ3v) is 6.94. The second kappa shape index (κ2) is 9.35. The molecule has 2 fully saturated rings. The maximum absolute atomic E-state index is 14.0. The standard InChI is InChI=1S/C25H30F3N3O2/c26-22-7-6-20(29)14-17(22)16-31-12-9-21(10-13-31)30-23(32)25(33,18-4-2-1-3-5-18)19-8-11-24(27,28)15-19/h1-7,14,19,21,33H,8-13,15-16,29H2,(H,30,32)/t19-,25?/m1/s1. The zero-order chi connectivity index (χ0) is 23.6. The zero-order valence-electron chi connectivity index (χ0n) is 18.4. The molecule has 1 aliphatic carbocycles. The van der Waals surface area contributed by atoms with E-state index in [2.05, 4.69) is 10.2 Å².